The number of benzene rings is 2. The lowest BCUT2D eigenvalue weighted by Crippen LogP contribution is -2.00. The average molecular weight is 287 g/mol. The molecule has 0 fully saturated rings. The molecule has 104 valence electrons. The first-order chi connectivity index (χ1) is 9.41. The highest BCUT2D eigenvalue weighted by Gasteiger charge is 2.23. The van der Waals surface area contributed by atoms with Gasteiger partial charge in [-0.15, -0.1) is 0 Å². The Kier molecular flexibility index (Phi) is 3.55. The van der Waals surface area contributed by atoms with Gasteiger partial charge in [0.2, 0.25) is 11.6 Å². The van der Waals surface area contributed by atoms with Crippen molar-refractivity contribution in [2.24, 2.45) is 0 Å². The number of hydrogen-bond acceptors (Lipinski definition) is 3. The van der Waals surface area contributed by atoms with E-state index in [0.29, 0.717) is 12.1 Å². The van der Waals surface area contributed by atoms with E-state index < -0.39 is 45.4 Å². The van der Waals surface area contributed by atoms with Gasteiger partial charge in [0.25, 0.3) is 0 Å². The quantitative estimate of drug-likeness (QED) is 0.488. The summed E-state index contributed by atoms with van der Waals surface area (Å²) < 4.78 is 58.0. The minimum Gasteiger partial charge on any atom is -0.448 e. The van der Waals surface area contributed by atoms with Gasteiger partial charge in [-0.05, 0) is 18.2 Å². The highest BCUT2D eigenvalue weighted by Crippen LogP contribution is 2.32. The zero-order valence-corrected chi connectivity index (χ0v) is 9.57. The lowest BCUT2D eigenvalue weighted by atomic mass is 10.2. The van der Waals surface area contributed by atoms with Crippen molar-refractivity contribution in [3.05, 3.63) is 63.7 Å². The van der Waals surface area contributed by atoms with Crippen LogP contribution in [0.3, 0.4) is 0 Å². The molecule has 8 heteroatoms. The molecule has 0 N–H and O–H groups in total. The van der Waals surface area contributed by atoms with Crippen LogP contribution >= 0.6 is 0 Å². The summed E-state index contributed by atoms with van der Waals surface area (Å²) in [5, 5.41) is 10.4. The topological polar surface area (TPSA) is 52.4 Å². The number of nitro benzene ring substituents is 1. The minimum absolute atomic E-state index is 0.631. The highest BCUT2D eigenvalue weighted by atomic mass is 19.2. The third kappa shape index (κ3) is 2.40. The number of ether oxygens (including phenoxy) is 1. The van der Waals surface area contributed by atoms with Gasteiger partial charge in [0.1, 0.15) is 0 Å². The van der Waals surface area contributed by atoms with Crippen molar-refractivity contribution >= 4 is 5.69 Å². The molecule has 2 rings (SSSR count). The third-order valence-corrected chi connectivity index (χ3v) is 2.35. The Morgan fingerprint density at radius 3 is 2.10 bits per heavy atom. The summed E-state index contributed by atoms with van der Waals surface area (Å²) in [5.41, 5.74) is -1.11. The molecule has 0 amide bonds. The first-order valence-corrected chi connectivity index (χ1v) is 5.16. The van der Waals surface area contributed by atoms with Gasteiger partial charge in [-0.2, -0.15) is 8.78 Å². The van der Waals surface area contributed by atoms with Gasteiger partial charge in [-0.25, -0.2) is 8.78 Å². The van der Waals surface area contributed by atoms with E-state index in [-0.39, 0.29) is 0 Å². The Hall–Kier alpha value is -2.64. The van der Waals surface area contributed by atoms with E-state index in [1.54, 1.807) is 0 Å². The number of nitro groups is 1. The van der Waals surface area contributed by atoms with Gasteiger partial charge in [0.15, 0.2) is 23.1 Å². The number of halogens is 4. The van der Waals surface area contributed by atoms with E-state index in [1.807, 2.05) is 0 Å². The van der Waals surface area contributed by atoms with Crippen molar-refractivity contribution in [3.8, 4) is 11.5 Å². The molecule has 0 saturated heterocycles. The van der Waals surface area contributed by atoms with Crippen LogP contribution in [0.1, 0.15) is 0 Å². The molecule has 0 heterocycles. The molecule has 2 aromatic carbocycles. The molecule has 0 saturated carbocycles. The first kappa shape index (κ1) is 13.8. The normalized spacial score (nSPS) is 10.4. The number of nitrogens with zero attached hydrogens (tertiary/aromatic N) is 1. The Morgan fingerprint density at radius 2 is 1.55 bits per heavy atom. The van der Waals surface area contributed by atoms with Crippen molar-refractivity contribution < 1.29 is 27.2 Å². The molecule has 0 aliphatic rings. The average Bonchev–Trinajstić information content (AvgIpc) is 2.38. The maximum atomic E-state index is 13.5. The molecule has 0 aliphatic heterocycles. The van der Waals surface area contributed by atoms with E-state index in [0.717, 1.165) is 18.2 Å². The second-order valence-corrected chi connectivity index (χ2v) is 3.62. The van der Waals surface area contributed by atoms with Crippen molar-refractivity contribution in [2.45, 2.75) is 0 Å². The zero-order chi connectivity index (χ0) is 14.9. The summed E-state index contributed by atoms with van der Waals surface area (Å²) >= 11 is 0. The number of rotatable bonds is 3. The van der Waals surface area contributed by atoms with E-state index in [1.165, 1.54) is 0 Å². The van der Waals surface area contributed by atoms with Gasteiger partial charge >= 0.3 is 5.69 Å². The van der Waals surface area contributed by atoms with Gasteiger partial charge in [-0.3, -0.25) is 10.1 Å². The second kappa shape index (κ2) is 5.16. The van der Waals surface area contributed by atoms with E-state index in [9.17, 15) is 27.7 Å². The molecule has 0 atom stereocenters. The molecule has 0 unspecified atom stereocenters. The molecule has 0 aromatic heterocycles. The van der Waals surface area contributed by atoms with Gasteiger partial charge in [0, 0.05) is 6.07 Å². The van der Waals surface area contributed by atoms with Crippen LogP contribution in [0.25, 0.3) is 0 Å². The fraction of sp³-hybridized carbons (Fsp3) is 0. The Labute approximate surface area is 109 Å². The predicted molar refractivity (Wildman–Crippen MR) is 59.4 cm³/mol. The number of hydrogen-bond donors (Lipinski definition) is 0. The molecule has 0 bridgehead atoms. The fourth-order valence-corrected chi connectivity index (χ4v) is 1.43. The monoisotopic (exact) mass is 287 g/mol. The van der Waals surface area contributed by atoms with Crippen LogP contribution in [-0.4, -0.2) is 4.92 Å². The zero-order valence-electron chi connectivity index (χ0n) is 9.57. The summed E-state index contributed by atoms with van der Waals surface area (Å²) in [6, 6.07) is 4.12. The summed E-state index contributed by atoms with van der Waals surface area (Å²) in [6.45, 7) is 0. The van der Waals surface area contributed by atoms with Crippen LogP contribution in [-0.2, 0) is 0 Å². The standard InChI is InChI=1S/C12H5F4NO3/c13-6-2-1-3-7(14)12(6)20-9-5-4-8(17(18)19)10(15)11(9)16/h1-5H. The van der Waals surface area contributed by atoms with Crippen molar-refractivity contribution in [1.29, 1.82) is 0 Å². The largest absolute Gasteiger partial charge is 0.448 e. The van der Waals surface area contributed by atoms with Crippen molar-refractivity contribution in [3.63, 3.8) is 0 Å². The van der Waals surface area contributed by atoms with Crippen molar-refractivity contribution in [1.82, 2.24) is 0 Å². The van der Waals surface area contributed by atoms with Crippen LogP contribution < -0.4 is 4.74 Å². The van der Waals surface area contributed by atoms with Crippen LogP contribution in [0.15, 0.2) is 30.3 Å². The fourth-order valence-electron chi connectivity index (χ4n) is 1.43. The van der Waals surface area contributed by atoms with E-state index >= 15 is 0 Å². The Balaban J connectivity index is 2.45. The van der Waals surface area contributed by atoms with Crippen molar-refractivity contribution in [2.75, 3.05) is 0 Å². The smallest absolute Gasteiger partial charge is 0.308 e. The van der Waals surface area contributed by atoms with Gasteiger partial charge < -0.3 is 4.74 Å². The molecule has 0 radical (unpaired) electrons. The summed E-state index contributed by atoms with van der Waals surface area (Å²) in [6.07, 6.45) is 0. The first-order valence-electron chi connectivity index (χ1n) is 5.16. The molecule has 0 aliphatic carbocycles. The van der Waals surface area contributed by atoms with E-state index in [4.69, 9.17) is 0 Å². The lowest BCUT2D eigenvalue weighted by Gasteiger charge is -2.08. The summed E-state index contributed by atoms with van der Waals surface area (Å²) in [4.78, 5) is 9.26. The predicted octanol–water partition coefficient (Wildman–Crippen LogP) is 3.94. The maximum Gasteiger partial charge on any atom is 0.308 e. The van der Waals surface area contributed by atoms with Crippen LogP contribution in [0.4, 0.5) is 23.2 Å². The molecule has 20 heavy (non-hydrogen) atoms. The second-order valence-electron chi connectivity index (χ2n) is 3.62. The van der Waals surface area contributed by atoms with Gasteiger partial charge in [0.05, 0.1) is 4.92 Å². The summed E-state index contributed by atoms with van der Waals surface area (Å²) in [5.74, 6) is -7.52. The maximum absolute atomic E-state index is 13.5. The Bertz CT molecular complexity index is 670. The van der Waals surface area contributed by atoms with Crippen LogP contribution in [0.5, 0.6) is 11.5 Å². The Morgan fingerprint density at radius 1 is 0.950 bits per heavy atom. The van der Waals surface area contributed by atoms with Crippen LogP contribution in [0.2, 0.25) is 0 Å². The van der Waals surface area contributed by atoms with E-state index in [2.05, 4.69) is 4.74 Å². The molecular weight excluding hydrogens is 282 g/mol. The number of para-hydroxylation sites is 1. The lowest BCUT2D eigenvalue weighted by molar-refractivity contribution is -0.387. The SMILES string of the molecule is O=[N+]([O-])c1ccc(Oc2c(F)cccc2F)c(F)c1F. The third-order valence-electron chi connectivity index (χ3n) is 2.35. The van der Waals surface area contributed by atoms with Crippen LogP contribution in [0, 0.1) is 33.4 Å². The molecule has 4 nitrogen and oxygen atoms in total. The summed E-state index contributed by atoms with van der Waals surface area (Å²) in [7, 11) is 0. The minimum atomic E-state index is -1.77. The highest BCUT2D eigenvalue weighted by molar-refractivity contribution is 5.42. The van der Waals surface area contributed by atoms with Gasteiger partial charge in [-0.1, -0.05) is 6.07 Å². The molecular formula is C12H5F4NO3. The molecule has 0 spiro atoms. The molecule has 2 aromatic rings.